The van der Waals surface area contributed by atoms with E-state index in [1.165, 1.54) is 11.1 Å². The molecular formula is C21H27N3O3. The molecule has 4 rings (SSSR count). The molecule has 0 bridgehead atoms. The van der Waals surface area contributed by atoms with Gasteiger partial charge < -0.3 is 14.5 Å². The molecule has 1 aromatic heterocycles. The second-order valence-electron chi connectivity index (χ2n) is 7.44. The van der Waals surface area contributed by atoms with Crippen molar-refractivity contribution in [1.82, 2.24) is 15.1 Å². The molecule has 1 aromatic carbocycles. The molecule has 1 atom stereocenters. The van der Waals surface area contributed by atoms with Gasteiger partial charge in [-0.15, -0.1) is 0 Å². The predicted octanol–water partition coefficient (Wildman–Crippen LogP) is 1.90. The van der Waals surface area contributed by atoms with Crippen LogP contribution in [0.3, 0.4) is 0 Å². The van der Waals surface area contributed by atoms with E-state index in [0.29, 0.717) is 18.2 Å². The number of hydrogen-bond donors (Lipinski definition) is 1. The van der Waals surface area contributed by atoms with Gasteiger partial charge in [0, 0.05) is 32.2 Å². The number of benzene rings is 1. The van der Waals surface area contributed by atoms with Gasteiger partial charge in [0.15, 0.2) is 0 Å². The number of rotatable bonds is 5. The average molecular weight is 369 g/mol. The minimum atomic E-state index is -0.0702. The van der Waals surface area contributed by atoms with E-state index >= 15 is 0 Å². The topological polar surface area (TPSA) is 58.0 Å². The summed E-state index contributed by atoms with van der Waals surface area (Å²) in [5.41, 5.74) is 3.35. The van der Waals surface area contributed by atoms with Crippen LogP contribution in [0.15, 0.2) is 41.0 Å². The van der Waals surface area contributed by atoms with Crippen molar-refractivity contribution in [1.29, 1.82) is 0 Å². The van der Waals surface area contributed by atoms with Crippen molar-refractivity contribution >= 4 is 5.91 Å². The Bertz CT molecular complexity index is 782. The van der Waals surface area contributed by atoms with E-state index in [1.54, 1.807) is 6.26 Å². The van der Waals surface area contributed by atoms with Crippen molar-refractivity contribution in [3.8, 4) is 0 Å². The highest BCUT2D eigenvalue weighted by molar-refractivity contribution is 5.94. The summed E-state index contributed by atoms with van der Waals surface area (Å²) in [6.45, 7) is 5.59. The Kier molecular flexibility index (Phi) is 5.57. The molecule has 1 fully saturated rings. The van der Waals surface area contributed by atoms with Gasteiger partial charge in [0.2, 0.25) is 0 Å². The van der Waals surface area contributed by atoms with Crippen LogP contribution in [0.25, 0.3) is 0 Å². The summed E-state index contributed by atoms with van der Waals surface area (Å²) in [6.07, 6.45) is 2.52. The van der Waals surface area contributed by atoms with Crippen molar-refractivity contribution in [2.75, 3.05) is 39.9 Å². The second kappa shape index (κ2) is 8.25. The van der Waals surface area contributed by atoms with Crippen molar-refractivity contribution in [2.45, 2.75) is 25.6 Å². The number of amides is 1. The maximum Gasteiger partial charge on any atom is 0.254 e. The third-order valence-electron chi connectivity index (χ3n) is 5.51. The van der Waals surface area contributed by atoms with Gasteiger partial charge >= 0.3 is 0 Å². The van der Waals surface area contributed by atoms with Gasteiger partial charge in [0.25, 0.3) is 5.91 Å². The van der Waals surface area contributed by atoms with Crippen LogP contribution in [0.4, 0.5) is 0 Å². The SMILES string of the molecule is CN1Cc2ccccc2CC1CNC(=O)c1coc(CN2CCOCC2)c1. The number of hydrogen-bond acceptors (Lipinski definition) is 5. The maximum atomic E-state index is 12.5. The Morgan fingerprint density at radius 1 is 1.22 bits per heavy atom. The van der Waals surface area contributed by atoms with Crippen LogP contribution >= 0.6 is 0 Å². The molecule has 0 saturated carbocycles. The Morgan fingerprint density at radius 2 is 2.00 bits per heavy atom. The van der Waals surface area contributed by atoms with Gasteiger partial charge in [-0.1, -0.05) is 24.3 Å². The standard InChI is InChI=1S/C21H27N3O3/c1-23-13-17-5-3-2-4-16(17)10-19(23)12-22-21(25)18-11-20(27-15-18)14-24-6-8-26-9-7-24/h2-5,11,15,19H,6-10,12-14H2,1H3,(H,22,25). The van der Waals surface area contributed by atoms with Crippen molar-refractivity contribution < 1.29 is 13.9 Å². The number of carbonyl (C=O) groups excluding carboxylic acids is 1. The van der Waals surface area contributed by atoms with Crippen LogP contribution in [-0.2, 0) is 24.2 Å². The lowest BCUT2D eigenvalue weighted by Crippen LogP contribution is -2.45. The summed E-state index contributed by atoms with van der Waals surface area (Å²) in [6, 6.07) is 10.7. The third-order valence-corrected chi connectivity index (χ3v) is 5.51. The Hall–Kier alpha value is -2.15. The molecule has 0 spiro atoms. The molecule has 1 amide bonds. The summed E-state index contributed by atoms with van der Waals surface area (Å²) in [4.78, 5) is 17.1. The fourth-order valence-corrected chi connectivity index (χ4v) is 3.82. The van der Waals surface area contributed by atoms with E-state index in [-0.39, 0.29) is 5.91 Å². The van der Waals surface area contributed by atoms with Gasteiger partial charge in [-0.3, -0.25) is 14.6 Å². The zero-order valence-corrected chi connectivity index (χ0v) is 15.8. The van der Waals surface area contributed by atoms with Crippen LogP contribution in [-0.4, -0.2) is 61.6 Å². The number of nitrogens with one attached hydrogen (secondary N) is 1. The third kappa shape index (κ3) is 4.40. The Labute approximate surface area is 160 Å². The molecule has 2 aromatic rings. The smallest absolute Gasteiger partial charge is 0.254 e. The van der Waals surface area contributed by atoms with Crippen LogP contribution in [0.1, 0.15) is 27.2 Å². The molecule has 0 radical (unpaired) electrons. The first kappa shape index (κ1) is 18.2. The summed E-state index contributed by atoms with van der Waals surface area (Å²) in [5.74, 6) is 0.755. The molecule has 2 aliphatic heterocycles. The van der Waals surface area contributed by atoms with Gasteiger partial charge in [-0.05, 0) is 30.7 Å². The average Bonchev–Trinajstić information content (AvgIpc) is 3.15. The highest BCUT2D eigenvalue weighted by Crippen LogP contribution is 2.21. The number of carbonyl (C=O) groups is 1. The van der Waals surface area contributed by atoms with E-state index in [0.717, 1.165) is 51.6 Å². The van der Waals surface area contributed by atoms with E-state index in [4.69, 9.17) is 9.15 Å². The van der Waals surface area contributed by atoms with Crippen LogP contribution < -0.4 is 5.32 Å². The van der Waals surface area contributed by atoms with E-state index in [1.807, 2.05) is 6.07 Å². The number of fused-ring (bicyclic) bond motifs is 1. The Morgan fingerprint density at radius 3 is 2.81 bits per heavy atom. The maximum absolute atomic E-state index is 12.5. The molecule has 1 unspecified atom stereocenters. The van der Waals surface area contributed by atoms with E-state index in [9.17, 15) is 4.79 Å². The first-order valence-electron chi connectivity index (χ1n) is 9.62. The molecular weight excluding hydrogens is 342 g/mol. The molecule has 2 aliphatic rings. The lowest BCUT2D eigenvalue weighted by atomic mass is 9.94. The first-order chi connectivity index (χ1) is 13.2. The summed E-state index contributed by atoms with van der Waals surface area (Å²) >= 11 is 0. The zero-order chi connectivity index (χ0) is 18.6. The zero-order valence-electron chi connectivity index (χ0n) is 15.8. The summed E-state index contributed by atoms with van der Waals surface area (Å²) < 4.78 is 11.0. The molecule has 27 heavy (non-hydrogen) atoms. The lowest BCUT2D eigenvalue weighted by Gasteiger charge is -2.34. The van der Waals surface area contributed by atoms with Gasteiger partial charge in [-0.2, -0.15) is 0 Å². The van der Waals surface area contributed by atoms with Gasteiger partial charge in [0.05, 0.1) is 25.3 Å². The first-order valence-corrected chi connectivity index (χ1v) is 9.62. The van der Waals surface area contributed by atoms with Crippen LogP contribution in [0, 0.1) is 0 Å². The largest absolute Gasteiger partial charge is 0.467 e. The minimum Gasteiger partial charge on any atom is -0.467 e. The highest BCUT2D eigenvalue weighted by Gasteiger charge is 2.24. The van der Waals surface area contributed by atoms with Gasteiger partial charge in [0.1, 0.15) is 12.0 Å². The summed E-state index contributed by atoms with van der Waals surface area (Å²) in [7, 11) is 2.12. The fourth-order valence-electron chi connectivity index (χ4n) is 3.82. The Balaban J connectivity index is 1.30. The van der Waals surface area contributed by atoms with Crippen LogP contribution in [0.2, 0.25) is 0 Å². The monoisotopic (exact) mass is 369 g/mol. The summed E-state index contributed by atoms with van der Waals surface area (Å²) in [5, 5.41) is 3.07. The van der Waals surface area contributed by atoms with E-state index < -0.39 is 0 Å². The number of morpholine rings is 1. The lowest BCUT2D eigenvalue weighted by molar-refractivity contribution is 0.0313. The number of nitrogens with zero attached hydrogens (tertiary/aromatic N) is 2. The number of ether oxygens (including phenoxy) is 1. The predicted molar refractivity (Wildman–Crippen MR) is 103 cm³/mol. The number of furan rings is 1. The molecule has 1 saturated heterocycles. The quantitative estimate of drug-likeness (QED) is 0.872. The van der Waals surface area contributed by atoms with Crippen LogP contribution in [0.5, 0.6) is 0 Å². The fraction of sp³-hybridized carbons (Fsp3) is 0.476. The molecule has 1 N–H and O–H groups in total. The second-order valence-corrected chi connectivity index (χ2v) is 7.44. The van der Waals surface area contributed by atoms with Crippen molar-refractivity contribution in [2.24, 2.45) is 0 Å². The molecule has 3 heterocycles. The van der Waals surface area contributed by atoms with E-state index in [2.05, 4.69) is 46.4 Å². The normalized spacial score (nSPS) is 21.0. The molecule has 6 nitrogen and oxygen atoms in total. The molecule has 6 heteroatoms. The highest BCUT2D eigenvalue weighted by atomic mass is 16.5. The van der Waals surface area contributed by atoms with Crippen molar-refractivity contribution in [3.05, 3.63) is 59.0 Å². The number of likely N-dealkylation sites (N-methyl/N-ethyl adjacent to an activating group) is 1. The molecule has 144 valence electrons. The minimum absolute atomic E-state index is 0.0702. The molecule has 0 aliphatic carbocycles. The van der Waals surface area contributed by atoms with Crippen molar-refractivity contribution in [3.63, 3.8) is 0 Å². The van der Waals surface area contributed by atoms with Gasteiger partial charge in [-0.25, -0.2) is 0 Å².